The van der Waals surface area contributed by atoms with Gasteiger partial charge in [0.15, 0.2) is 5.69 Å². The van der Waals surface area contributed by atoms with Gasteiger partial charge in [-0.05, 0) is 31.0 Å². The molecule has 2 aromatic rings. The molecule has 0 spiro atoms. The minimum absolute atomic E-state index is 0.0350. The fraction of sp³-hybridized carbons (Fsp3) is 0.267. The van der Waals surface area contributed by atoms with Crippen LogP contribution in [-0.2, 0) is 4.79 Å². The van der Waals surface area contributed by atoms with Crippen LogP contribution in [0.5, 0.6) is 0 Å². The lowest BCUT2D eigenvalue weighted by Crippen LogP contribution is -2.14. The number of amides is 2. The van der Waals surface area contributed by atoms with Crippen LogP contribution >= 0.6 is 0 Å². The van der Waals surface area contributed by atoms with E-state index >= 15 is 0 Å². The lowest BCUT2D eigenvalue weighted by molar-refractivity contribution is -0.114. The molecule has 114 valence electrons. The first-order valence-corrected chi connectivity index (χ1v) is 6.88. The zero-order valence-electron chi connectivity index (χ0n) is 11.9. The van der Waals surface area contributed by atoms with E-state index in [1.165, 1.54) is 25.1 Å². The maximum Gasteiger partial charge on any atom is 0.277 e. The van der Waals surface area contributed by atoms with Crippen molar-refractivity contribution in [3.63, 3.8) is 0 Å². The minimum Gasteiger partial charge on any atom is -0.360 e. The van der Waals surface area contributed by atoms with Gasteiger partial charge >= 0.3 is 0 Å². The molecule has 0 saturated heterocycles. The van der Waals surface area contributed by atoms with Gasteiger partial charge in [0.2, 0.25) is 5.91 Å². The van der Waals surface area contributed by atoms with Gasteiger partial charge in [-0.2, -0.15) is 0 Å². The Hall–Kier alpha value is -2.70. The van der Waals surface area contributed by atoms with Gasteiger partial charge in [0.1, 0.15) is 11.6 Å². The average Bonchev–Trinajstić information content (AvgIpc) is 3.19. The summed E-state index contributed by atoms with van der Waals surface area (Å²) in [6.45, 7) is 1.34. The fourth-order valence-corrected chi connectivity index (χ4v) is 2.05. The molecule has 2 N–H and O–H groups in total. The first kappa shape index (κ1) is 14.2. The van der Waals surface area contributed by atoms with Gasteiger partial charge in [0, 0.05) is 24.6 Å². The zero-order valence-corrected chi connectivity index (χ0v) is 11.9. The molecular weight excluding hydrogens is 289 g/mol. The molecule has 0 bridgehead atoms. The largest absolute Gasteiger partial charge is 0.360 e. The second kappa shape index (κ2) is 5.59. The van der Waals surface area contributed by atoms with Gasteiger partial charge in [-0.25, -0.2) is 4.39 Å². The van der Waals surface area contributed by atoms with Crippen LogP contribution in [0.25, 0.3) is 0 Å². The minimum atomic E-state index is -0.603. The number of halogens is 1. The van der Waals surface area contributed by atoms with E-state index in [1.54, 1.807) is 6.07 Å². The van der Waals surface area contributed by atoms with Crippen LogP contribution in [0, 0.1) is 5.82 Å². The van der Waals surface area contributed by atoms with Crippen LogP contribution in [0.2, 0.25) is 0 Å². The maximum absolute atomic E-state index is 13.8. The summed E-state index contributed by atoms with van der Waals surface area (Å²) in [5.41, 5.74) is 0.460. The summed E-state index contributed by atoms with van der Waals surface area (Å²) in [5, 5.41) is 8.64. The Morgan fingerprint density at radius 3 is 2.73 bits per heavy atom. The monoisotopic (exact) mass is 303 g/mol. The number of nitrogens with zero attached hydrogens (tertiary/aromatic N) is 1. The first-order valence-electron chi connectivity index (χ1n) is 6.88. The summed E-state index contributed by atoms with van der Waals surface area (Å²) >= 11 is 0. The number of carbonyl (C=O) groups excluding carboxylic acids is 2. The summed E-state index contributed by atoms with van der Waals surface area (Å²) in [5.74, 6) is -0.427. The highest BCUT2D eigenvalue weighted by molar-refractivity contribution is 6.03. The van der Waals surface area contributed by atoms with Crippen molar-refractivity contribution >= 4 is 23.2 Å². The Bertz CT molecular complexity index is 737. The van der Waals surface area contributed by atoms with Gasteiger partial charge in [-0.15, -0.1) is 0 Å². The zero-order chi connectivity index (χ0) is 15.7. The molecule has 0 radical (unpaired) electrons. The predicted octanol–water partition coefficient (Wildman–Crippen LogP) is 2.90. The molecule has 1 fully saturated rings. The van der Waals surface area contributed by atoms with E-state index in [0.29, 0.717) is 17.4 Å². The number of anilines is 2. The van der Waals surface area contributed by atoms with Crippen LogP contribution in [0.3, 0.4) is 0 Å². The Balaban J connectivity index is 1.75. The van der Waals surface area contributed by atoms with E-state index in [1.807, 2.05) is 0 Å². The highest BCUT2D eigenvalue weighted by Crippen LogP contribution is 2.40. The summed E-state index contributed by atoms with van der Waals surface area (Å²) in [4.78, 5) is 23.1. The van der Waals surface area contributed by atoms with Crippen molar-refractivity contribution in [1.82, 2.24) is 5.16 Å². The van der Waals surface area contributed by atoms with Crippen molar-refractivity contribution in [3.05, 3.63) is 41.5 Å². The van der Waals surface area contributed by atoms with Crippen LogP contribution < -0.4 is 10.6 Å². The van der Waals surface area contributed by atoms with Crippen LogP contribution in [-0.4, -0.2) is 17.0 Å². The summed E-state index contributed by atoms with van der Waals surface area (Å²) in [7, 11) is 0. The molecule has 0 aliphatic heterocycles. The summed E-state index contributed by atoms with van der Waals surface area (Å²) in [6, 6.07) is 5.49. The number of rotatable bonds is 4. The molecule has 22 heavy (non-hydrogen) atoms. The maximum atomic E-state index is 13.8. The van der Waals surface area contributed by atoms with Crippen molar-refractivity contribution in [1.29, 1.82) is 0 Å². The third-order valence-corrected chi connectivity index (χ3v) is 3.28. The normalized spacial score (nSPS) is 13.7. The number of nitrogens with one attached hydrogen (secondary N) is 2. The Labute approximate surface area is 125 Å². The molecule has 1 aromatic heterocycles. The highest BCUT2D eigenvalue weighted by Gasteiger charge is 2.29. The fourth-order valence-electron chi connectivity index (χ4n) is 2.05. The second-order valence-electron chi connectivity index (χ2n) is 5.22. The molecule has 1 aromatic carbocycles. The molecule has 2 amide bonds. The Morgan fingerprint density at radius 2 is 2.05 bits per heavy atom. The van der Waals surface area contributed by atoms with Crippen molar-refractivity contribution < 1.29 is 18.5 Å². The topological polar surface area (TPSA) is 84.2 Å². The number of carbonyl (C=O) groups is 2. The standard InChI is InChI=1S/C15H14FN3O3/c1-8(20)17-10-4-5-11(16)12(6-10)18-15(21)13-7-14(22-19-13)9-2-3-9/h4-7,9H,2-3H2,1H3,(H,17,20)(H,18,21). The highest BCUT2D eigenvalue weighted by atomic mass is 19.1. The second-order valence-corrected chi connectivity index (χ2v) is 5.22. The molecular formula is C15H14FN3O3. The number of benzene rings is 1. The van der Waals surface area contributed by atoms with E-state index in [9.17, 15) is 14.0 Å². The first-order chi connectivity index (χ1) is 10.5. The molecule has 3 rings (SSSR count). The van der Waals surface area contributed by atoms with E-state index in [-0.39, 0.29) is 17.3 Å². The van der Waals surface area contributed by atoms with E-state index in [0.717, 1.165) is 12.8 Å². The predicted molar refractivity (Wildman–Crippen MR) is 77.1 cm³/mol. The van der Waals surface area contributed by atoms with Crippen molar-refractivity contribution in [3.8, 4) is 0 Å². The van der Waals surface area contributed by atoms with E-state index < -0.39 is 11.7 Å². The molecule has 7 heteroatoms. The van der Waals surface area contributed by atoms with Crippen LogP contribution in [0.4, 0.5) is 15.8 Å². The molecule has 0 atom stereocenters. The van der Waals surface area contributed by atoms with Gasteiger partial charge in [-0.1, -0.05) is 5.16 Å². The van der Waals surface area contributed by atoms with E-state index in [4.69, 9.17) is 4.52 Å². The van der Waals surface area contributed by atoms with Crippen molar-refractivity contribution in [2.24, 2.45) is 0 Å². The molecule has 1 saturated carbocycles. The summed E-state index contributed by atoms with van der Waals surface area (Å²) < 4.78 is 18.8. The van der Waals surface area contributed by atoms with E-state index in [2.05, 4.69) is 15.8 Å². The average molecular weight is 303 g/mol. The van der Waals surface area contributed by atoms with Gasteiger partial charge in [-0.3, -0.25) is 9.59 Å². The van der Waals surface area contributed by atoms with Gasteiger partial charge in [0.05, 0.1) is 5.69 Å². The molecule has 1 aliphatic carbocycles. The Morgan fingerprint density at radius 1 is 1.27 bits per heavy atom. The quantitative estimate of drug-likeness (QED) is 0.909. The van der Waals surface area contributed by atoms with Crippen molar-refractivity contribution in [2.75, 3.05) is 10.6 Å². The van der Waals surface area contributed by atoms with Gasteiger partial charge < -0.3 is 15.2 Å². The number of hydrogen-bond acceptors (Lipinski definition) is 4. The molecule has 0 unspecified atom stereocenters. The molecule has 6 nitrogen and oxygen atoms in total. The number of hydrogen-bond donors (Lipinski definition) is 2. The lowest BCUT2D eigenvalue weighted by atomic mass is 10.2. The van der Waals surface area contributed by atoms with Crippen molar-refractivity contribution in [2.45, 2.75) is 25.7 Å². The molecule has 1 aliphatic rings. The molecule has 1 heterocycles. The Kier molecular flexibility index (Phi) is 3.62. The van der Waals surface area contributed by atoms with Crippen LogP contribution in [0.15, 0.2) is 28.8 Å². The lowest BCUT2D eigenvalue weighted by Gasteiger charge is -2.07. The number of aromatic nitrogens is 1. The third-order valence-electron chi connectivity index (χ3n) is 3.28. The summed E-state index contributed by atoms with van der Waals surface area (Å²) in [6.07, 6.45) is 2.06. The van der Waals surface area contributed by atoms with Gasteiger partial charge in [0.25, 0.3) is 5.91 Å². The smallest absolute Gasteiger partial charge is 0.277 e. The van der Waals surface area contributed by atoms with Crippen LogP contribution in [0.1, 0.15) is 41.9 Å². The SMILES string of the molecule is CC(=O)Nc1ccc(F)c(NC(=O)c2cc(C3CC3)on2)c1. The third kappa shape index (κ3) is 3.13.